The number of anilines is 1. The van der Waals surface area contributed by atoms with Gasteiger partial charge in [-0.25, -0.2) is 4.98 Å². The van der Waals surface area contributed by atoms with E-state index in [1.807, 2.05) is 0 Å². The molecule has 0 aliphatic heterocycles. The van der Waals surface area contributed by atoms with Gasteiger partial charge in [0.25, 0.3) is 0 Å². The molecule has 0 unspecified atom stereocenters. The molecule has 1 N–H and O–H groups in total. The van der Waals surface area contributed by atoms with Crippen LogP contribution < -0.4 is 14.8 Å². The van der Waals surface area contributed by atoms with E-state index in [9.17, 15) is 18.0 Å². The summed E-state index contributed by atoms with van der Waals surface area (Å²) in [5.74, 6) is -0.444. The Bertz CT molecular complexity index is 735. The second-order valence-electron chi connectivity index (χ2n) is 4.70. The van der Waals surface area contributed by atoms with Crippen LogP contribution in [0.3, 0.4) is 0 Å². The summed E-state index contributed by atoms with van der Waals surface area (Å²) in [5, 5.41) is 2.49. The molecule has 6 nitrogen and oxygen atoms in total. The van der Waals surface area contributed by atoms with Crippen molar-refractivity contribution in [3.8, 4) is 11.9 Å². The van der Waals surface area contributed by atoms with Crippen molar-refractivity contribution >= 4 is 11.6 Å². The highest BCUT2D eigenvalue weighted by atomic mass is 19.4. The zero-order valence-corrected chi connectivity index (χ0v) is 12.8. The third kappa shape index (κ3) is 4.34. The number of carbonyl (C=O) groups is 1. The van der Waals surface area contributed by atoms with Gasteiger partial charge < -0.3 is 14.8 Å². The van der Waals surface area contributed by atoms with Crippen LogP contribution in [0.2, 0.25) is 0 Å². The van der Waals surface area contributed by atoms with Crippen molar-refractivity contribution in [2.45, 2.75) is 12.6 Å². The third-order valence-corrected chi connectivity index (χ3v) is 3.00. The van der Waals surface area contributed by atoms with Crippen LogP contribution in [0.4, 0.5) is 18.9 Å². The molecule has 0 saturated heterocycles. The van der Waals surface area contributed by atoms with Gasteiger partial charge in [-0.3, -0.25) is 4.79 Å². The number of benzene rings is 1. The fourth-order valence-corrected chi connectivity index (χ4v) is 1.93. The number of nitrogens with zero attached hydrogens (tertiary/aromatic N) is 2. The van der Waals surface area contributed by atoms with E-state index in [-0.39, 0.29) is 29.6 Å². The van der Waals surface area contributed by atoms with Gasteiger partial charge in [0, 0.05) is 0 Å². The van der Waals surface area contributed by atoms with Crippen molar-refractivity contribution in [1.82, 2.24) is 9.97 Å². The number of amides is 1. The number of ether oxygens (including phenoxy) is 2. The lowest BCUT2D eigenvalue weighted by Gasteiger charge is -2.11. The number of hydrogen-bond acceptors (Lipinski definition) is 5. The third-order valence-electron chi connectivity index (χ3n) is 3.00. The van der Waals surface area contributed by atoms with Gasteiger partial charge in [-0.05, 0) is 11.6 Å². The smallest absolute Gasteiger partial charge is 0.416 e. The highest BCUT2D eigenvalue weighted by Crippen LogP contribution is 2.29. The Morgan fingerprint density at radius 1 is 1.25 bits per heavy atom. The van der Waals surface area contributed by atoms with Crippen molar-refractivity contribution in [1.29, 1.82) is 0 Å². The summed E-state index contributed by atoms with van der Waals surface area (Å²) in [6.07, 6.45) is -3.41. The standard InChI is InChI=1S/C15H14F3N3O3/c1-23-13-11(8-19-14(21-13)24-2)20-12(22)7-9-4-3-5-10(6-9)15(16,17)18/h3-6,8H,7H2,1-2H3,(H,20,22). The van der Waals surface area contributed by atoms with Gasteiger partial charge in [-0.1, -0.05) is 18.2 Å². The van der Waals surface area contributed by atoms with E-state index in [0.29, 0.717) is 0 Å². The van der Waals surface area contributed by atoms with Crippen molar-refractivity contribution in [2.24, 2.45) is 0 Å². The second-order valence-corrected chi connectivity index (χ2v) is 4.70. The first-order valence-corrected chi connectivity index (χ1v) is 6.74. The summed E-state index contributed by atoms with van der Waals surface area (Å²) in [7, 11) is 2.73. The van der Waals surface area contributed by atoms with Crippen LogP contribution in [-0.4, -0.2) is 30.1 Å². The van der Waals surface area contributed by atoms with Crippen LogP contribution in [0.15, 0.2) is 30.5 Å². The van der Waals surface area contributed by atoms with E-state index < -0.39 is 17.6 Å². The topological polar surface area (TPSA) is 73.3 Å². The zero-order chi connectivity index (χ0) is 17.7. The highest BCUT2D eigenvalue weighted by molar-refractivity contribution is 5.93. The fourth-order valence-electron chi connectivity index (χ4n) is 1.93. The summed E-state index contributed by atoms with van der Waals surface area (Å²) in [6.45, 7) is 0. The van der Waals surface area contributed by atoms with Crippen LogP contribution >= 0.6 is 0 Å². The first kappa shape index (κ1) is 17.5. The van der Waals surface area contributed by atoms with Crippen LogP contribution in [0.25, 0.3) is 0 Å². The SMILES string of the molecule is COc1ncc(NC(=O)Cc2cccc(C(F)(F)F)c2)c(OC)n1. The summed E-state index contributed by atoms with van der Waals surface area (Å²) >= 11 is 0. The number of rotatable bonds is 5. The summed E-state index contributed by atoms with van der Waals surface area (Å²) in [5.41, 5.74) is -0.385. The Labute approximate surface area is 135 Å². The van der Waals surface area contributed by atoms with E-state index in [1.54, 1.807) is 0 Å². The normalized spacial score (nSPS) is 11.0. The molecule has 1 aromatic heterocycles. The summed E-state index contributed by atoms with van der Waals surface area (Å²) in [4.78, 5) is 19.8. The van der Waals surface area contributed by atoms with Gasteiger partial charge in [-0.2, -0.15) is 18.2 Å². The van der Waals surface area contributed by atoms with E-state index in [2.05, 4.69) is 15.3 Å². The molecule has 1 aromatic carbocycles. The molecule has 1 amide bonds. The quantitative estimate of drug-likeness (QED) is 0.905. The van der Waals surface area contributed by atoms with Gasteiger partial charge in [0.15, 0.2) is 0 Å². The van der Waals surface area contributed by atoms with Crippen molar-refractivity contribution in [2.75, 3.05) is 19.5 Å². The molecule has 2 aromatic rings. The van der Waals surface area contributed by atoms with Gasteiger partial charge in [-0.15, -0.1) is 0 Å². The largest absolute Gasteiger partial charge is 0.479 e. The molecule has 0 saturated carbocycles. The Morgan fingerprint density at radius 3 is 2.62 bits per heavy atom. The molecule has 0 aliphatic carbocycles. The molecule has 128 valence electrons. The molecule has 9 heteroatoms. The maximum Gasteiger partial charge on any atom is 0.416 e. The minimum absolute atomic E-state index is 0.0581. The predicted molar refractivity (Wildman–Crippen MR) is 78.9 cm³/mol. The average molecular weight is 341 g/mol. The molecular weight excluding hydrogens is 327 g/mol. The number of aromatic nitrogens is 2. The number of nitrogens with one attached hydrogen (secondary N) is 1. The van der Waals surface area contributed by atoms with Crippen molar-refractivity contribution in [3.63, 3.8) is 0 Å². The lowest BCUT2D eigenvalue weighted by molar-refractivity contribution is -0.137. The molecular formula is C15H14F3N3O3. The molecule has 24 heavy (non-hydrogen) atoms. The highest BCUT2D eigenvalue weighted by Gasteiger charge is 2.30. The molecule has 0 aliphatic rings. The van der Waals surface area contributed by atoms with Gasteiger partial charge in [0.05, 0.1) is 32.4 Å². The van der Waals surface area contributed by atoms with Crippen molar-refractivity contribution < 1.29 is 27.4 Å². The number of alkyl halides is 3. The van der Waals surface area contributed by atoms with Crippen LogP contribution in [0, 0.1) is 0 Å². The van der Waals surface area contributed by atoms with E-state index in [1.165, 1.54) is 32.5 Å². The van der Waals surface area contributed by atoms with E-state index in [4.69, 9.17) is 9.47 Å². The molecule has 0 radical (unpaired) electrons. The number of hydrogen-bond donors (Lipinski definition) is 1. The molecule has 0 fully saturated rings. The van der Waals surface area contributed by atoms with Crippen LogP contribution in [0.5, 0.6) is 11.9 Å². The Kier molecular flexibility index (Phi) is 5.22. The Hall–Kier alpha value is -2.84. The summed E-state index contributed by atoms with van der Waals surface area (Å²) in [6, 6.07) is 4.63. The lowest BCUT2D eigenvalue weighted by atomic mass is 10.1. The Balaban J connectivity index is 2.11. The number of carbonyl (C=O) groups excluding carboxylic acids is 1. The molecule has 0 bridgehead atoms. The van der Waals surface area contributed by atoms with Gasteiger partial charge in [0.2, 0.25) is 11.8 Å². The lowest BCUT2D eigenvalue weighted by Crippen LogP contribution is -2.16. The maximum atomic E-state index is 12.7. The average Bonchev–Trinajstić information content (AvgIpc) is 2.54. The fraction of sp³-hybridized carbons (Fsp3) is 0.267. The Morgan fingerprint density at radius 2 is 2.00 bits per heavy atom. The first-order chi connectivity index (χ1) is 11.3. The maximum absolute atomic E-state index is 12.7. The molecule has 0 spiro atoms. The minimum atomic E-state index is -4.46. The van der Waals surface area contributed by atoms with Crippen molar-refractivity contribution in [3.05, 3.63) is 41.6 Å². The number of halogens is 3. The van der Waals surface area contributed by atoms with Crippen LogP contribution in [-0.2, 0) is 17.4 Å². The predicted octanol–water partition coefficient (Wildman–Crippen LogP) is 2.69. The van der Waals surface area contributed by atoms with E-state index >= 15 is 0 Å². The monoisotopic (exact) mass is 341 g/mol. The molecule has 2 rings (SSSR count). The summed E-state index contributed by atoms with van der Waals surface area (Å²) < 4.78 is 47.9. The van der Waals surface area contributed by atoms with Gasteiger partial charge >= 0.3 is 12.2 Å². The zero-order valence-electron chi connectivity index (χ0n) is 12.8. The van der Waals surface area contributed by atoms with E-state index in [0.717, 1.165) is 12.1 Å². The second kappa shape index (κ2) is 7.16. The number of methoxy groups -OCH3 is 2. The molecule has 1 heterocycles. The first-order valence-electron chi connectivity index (χ1n) is 6.74. The minimum Gasteiger partial charge on any atom is -0.479 e. The van der Waals surface area contributed by atoms with Crippen LogP contribution in [0.1, 0.15) is 11.1 Å². The molecule has 0 atom stereocenters. The van der Waals surface area contributed by atoms with Gasteiger partial charge in [0.1, 0.15) is 5.69 Å².